The Labute approximate surface area is 139 Å². The van der Waals surface area contributed by atoms with Gasteiger partial charge < -0.3 is 16.9 Å². The lowest BCUT2D eigenvalue weighted by Crippen LogP contribution is -3.00. The molecular formula is C19H22ClNO. The predicted molar refractivity (Wildman–Crippen MR) is 87.2 cm³/mol. The molecule has 0 fully saturated rings. The first kappa shape index (κ1) is 18.1. The third-order valence-corrected chi connectivity index (χ3v) is 3.49. The number of nitrogens with zero attached hydrogens (tertiary/aromatic N) is 1. The van der Waals surface area contributed by atoms with Gasteiger partial charge in [0.15, 0.2) is 5.78 Å². The SMILES string of the molecule is C=CC[N+](C)(C)Cc1ccc(C(=O)c2ccccc2)cc1.[Cl-]. The van der Waals surface area contributed by atoms with Crippen LogP contribution in [0.1, 0.15) is 21.5 Å². The largest absolute Gasteiger partial charge is 1.00 e. The van der Waals surface area contributed by atoms with Gasteiger partial charge >= 0.3 is 0 Å². The van der Waals surface area contributed by atoms with E-state index in [4.69, 9.17) is 0 Å². The molecule has 0 unspecified atom stereocenters. The Hall–Kier alpha value is -1.90. The molecule has 0 atom stereocenters. The molecule has 0 saturated carbocycles. The van der Waals surface area contributed by atoms with Gasteiger partial charge in [-0.25, -0.2) is 0 Å². The highest BCUT2D eigenvalue weighted by molar-refractivity contribution is 6.08. The number of carbonyl (C=O) groups excluding carboxylic acids is 1. The minimum absolute atomic E-state index is 0. The number of likely N-dealkylation sites (N-methyl/N-ethyl adjacent to an activating group) is 1. The van der Waals surface area contributed by atoms with Gasteiger partial charge in [-0.05, 0) is 6.08 Å². The van der Waals surface area contributed by atoms with E-state index in [1.54, 1.807) is 0 Å². The van der Waals surface area contributed by atoms with Crippen LogP contribution in [0.2, 0.25) is 0 Å². The second-order valence-electron chi connectivity index (χ2n) is 5.96. The third kappa shape index (κ3) is 4.83. The van der Waals surface area contributed by atoms with Crippen molar-refractivity contribution in [1.82, 2.24) is 0 Å². The number of hydrogen-bond acceptors (Lipinski definition) is 1. The number of benzene rings is 2. The summed E-state index contributed by atoms with van der Waals surface area (Å²) >= 11 is 0. The molecule has 0 aliphatic carbocycles. The number of ketones is 1. The van der Waals surface area contributed by atoms with E-state index in [-0.39, 0.29) is 18.2 Å². The summed E-state index contributed by atoms with van der Waals surface area (Å²) in [5, 5.41) is 0. The predicted octanol–water partition coefficient (Wildman–Crippen LogP) is 0.684. The van der Waals surface area contributed by atoms with E-state index < -0.39 is 0 Å². The minimum Gasteiger partial charge on any atom is -1.00 e. The Morgan fingerprint density at radius 2 is 1.55 bits per heavy atom. The van der Waals surface area contributed by atoms with Crippen LogP contribution in [0.5, 0.6) is 0 Å². The van der Waals surface area contributed by atoms with Gasteiger partial charge in [-0.3, -0.25) is 4.79 Å². The van der Waals surface area contributed by atoms with Crippen molar-refractivity contribution in [3.63, 3.8) is 0 Å². The van der Waals surface area contributed by atoms with E-state index in [2.05, 4.69) is 20.7 Å². The molecule has 2 rings (SSSR count). The van der Waals surface area contributed by atoms with Crippen LogP contribution in [0.15, 0.2) is 67.3 Å². The molecule has 2 aromatic carbocycles. The highest BCUT2D eigenvalue weighted by atomic mass is 35.5. The summed E-state index contributed by atoms with van der Waals surface area (Å²) in [7, 11) is 4.34. The Morgan fingerprint density at radius 1 is 1.00 bits per heavy atom. The van der Waals surface area contributed by atoms with E-state index in [1.807, 2.05) is 60.7 Å². The fraction of sp³-hybridized carbons (Fsp3) is 0.211. The Kier molecular flexibility index (Phi) is 6.54. The smallest absolute Gasteiger partial charge is 0.193 e. The molecule has 0 saturated heterocycles. The molecule has 0 aliphatic rings. The van der Waals surface area contributed by atoms with Crippen LogP contribution in [-0.2, 0) is 6.54 Å². The molecule has 22 heavy (non-hydrogen) atoms. The van der Waals surface area contributed by atoms with E-state index >= 15 is 0 Å². The van der Waals surface area contributed by atoms with Gasteiger partial charge in [-0.1, -0.05) is 61.2 Å². The number of hydrogen-bond donors (Lipinski definition) is 0. The van der Waals surface area contributed by atoms with E-state index in [0.29, 0.717) is 0 Å². The van der Waals surface area contributed by atoms with Crippen LogP contribution in [0.3, 0.4) is 0 Å². The molecular weight excluding hydrogens is 294 g/mol. The summed E-state index contributed by atoms with van der Waals surface area (Å²) in [5.41, 5.74) is 2.69. The van der Waals surface area contributed by atoms with E-state index in [9.17, 15) is 4.79 Å². The van der Waals surface area contributed by atoms with Crippen molar-refractivity contribution in [3.8, 4) is 0 Å². The molecule has 0 bridgehead atoms. The number of carbonyl (C=O) groups is 1. The second kappa shape index (κ2) is 7.92. The van der Waals surface area contributed by atoms with Gasteiger partial charge in [0.2, 0.25) is 0 Å². The average Bonchev–Trinajstić information content (AvgIpc) is 2.48. The Bertz CT molecular complexity index is 618. The molecule has 0 N–H and O–H groups in total. The minimum atomic E-state index is 0. The van der Waals surface area contributed by atoms with Gasteiger partial charge in [-0.2, -0.15) is 0 Å². The van der Waals surface area contributed by atoms with Gasteiger partial charge in [0.1, 0.15) is 6.54 Å². The maximum absolute atomic E-state index is 12.3. The highest BCUT2D eigenvalue weighted by Gasteiger charge is 2.14. The first-order valence-corrected chi connectivity index (χ1v) is 7.13. The standard InChI is InChI=1S/C19H22NO.ClH/c1-4-14-20(2,3)15-16-10-12-18(13-11-16)19(21)17-8-6-5-7-9-17;/h4-13H,1,14-15H2,2-3H3;1H/q+1;/p-1. The summed E-state index contributed by atoms with van der Waals surface area (Å²) in [4.78, 5) is 12.3. The molecule has 0 heterocycles. The molecule has 0 spiro atoms. The lowest BCUT2D eigenvalue weighted by Gasteiger charge is -2.28. The molecule has 0 aromatic heterocycles. The zero-order chi connectivity index (χ0) is 15.3. The summed E-state index contributed by atoms with van der Waals surface area (Å²) in [6, 6.07) is 17.3. The van der Waals surface area contributed by atoms with Crippen LogP contribution in [0.4, 0.5) is 0 Å². The van der Waals surface area contributed by atoms with Gasteiger partial charge in [0, 0.05) is 16.7 Å². The monoisotopic (exact) mass is 315 g/mol. The van der Waals surface area contributed by atoms with Crippen LogP contribution < -0.4 is 12.4 Å². The Balaban J connectivity index is 0.00000242. The van der Waals surface area contributed by atoms with E-state index in [0.717, 1.165) is 28.7 Å². The first-order valence-electron chi connectivity index (χ1n) is 7.13. The molecule has 2 aromatic rings. The zero-order valence-corrected chi connectivity index (χ0v) is 13.9. The van der Waals surface area contributed by atoms with Crippen LogP contribution in [-0.4, -0.2) is 30.9 Å². The number of halogens is 1. The summed E-state index contributed by atoms with van der Waals surface area (Å²) < 4.78 is 0.857. The highest BCUT2D eigenvalue weighted by Crippen LogP contribution is 2.14. The van der Waals surface area contributed by atoms with Crippen molar-refractivity contribution in [2.24, 2.45) is 0 Å². The number of quaternary nitrogens is 1. The first-order chi connectivity index (χ1) is 10.0. The lowest BCUT2D eigenvalue weighted by molar-refractivity contribution is -0.897. The quantitative estimate of drug-likeness (QED) is 0.435. The lowest BCUT2D eigenvalue weighted by atomic mass is 10.0. The average molecular weight is 316 g/mol. The van der Waals surface area contributed by atoms with E-state index in [1.165, 1.54) is 5.56 Å². The van der Waals surface area contributed by atoms with Gasteiger partial charge in [0.05, 0.1) is 20.6 Å². The van der Waals surface area contributed by atoms with Gasteiger partial charge in [-0.15, -0.1) is 0 Å². The Morgan fingerprint density at radius 3 is 2.09 bits per heavy atom. The van der Waals surface area contributed by atoms with Crippen molar-refractivity contribution in [1.29, 1.82) is 0 Å². The molecule has 116 valence electrons. The third-order valence-electron chi connectivity index (χ3n) is 3.49. The molecule has 3 heteroatoms. The summed E-state index contributed by atoms with van der Waals surface area (Å²) in [5.74, 6) is 0.0713. The molecule has 0 amide bonds. The maximum Gasteiger partial charge on any atom is 0.193 e. The van der Waals surface area contributed by atoms with Crippen molar-refractivity contribution in [2.75, 3.05) is 20.6 Å². The van der Waals surface area contributed by atoms with Gasteiger partial charge in [0.25, 0.3) is 0 Å². The normalized spacial score (nSPS) is 10.6. The number of rotatable bonds is 6. The maximum atomic E-state index is 12.3. The van der Waals surface area contributed by atoms with Crippen LogP contribution in [0, 0.1) is 0 Å². The van der Waals surface area contributed by atoms with Crippen LogP contribution in [0.25, 0.3) is 0 Å². The summed E-state index contributed by atoms with van der Waals surface area (Å²) in [6.45, 7) is 5.64. The second-order valence-corrected chi connectivity index (χ2v) is 5.96. The zero-order valence-electron chi connectivity index (χ0n) is 13.1. The molecule has 0 radical (unpaired) electrons. The van der Waals surface area contributed by atoms with Crippen molar-refractivity contribution < 1.29 is 21.7 Å². The molecule has 2 nitrogen and oxygen atoms in total. The van der Waals surface area contributed by atoms with Crippen molar-refractivity contribution >= 4 is 5.78 Å². The topological polar surface area (TPSA) is 17.1 Å². The van der Waals surface area contributed by atoms with Crippen molar-refractivity contribution in [2.45, 2.75) is 6.54 Å². The fourth-order valence-electron chi connectivity index (χ4n) is 2.43. The fourth-order valence-corrected chi connectivity index (χ4v) is 2.43. The summed E-state index contributed by atoms with van der Waals surface area (Å²) in [6.07, 6.45) is 1.94. The van der Waals surface area contributed by atoms with Crippen LogP contribution >= 0.6 is 0 Å². The van der Waals surface area contributed by atoms with Crippen molar-refractivity contribution in [3.05, 3.63) is 83.9 Å². The molecule has 0 aliphatic heterocycles.